The van der Waals surface area contributed by atoms with Crippen LogP contribution in [0.1, 0.15) is 48.4 Å². The van der Waals surface area contributed by atoms with Gasteiger partial charge in [0, 0.05) is 43.4 Å². The minimum atomic E-state index is 0.237. The van der Waals surface area contributed by atoms with Crippen molar-refractivity contribution in [2.75, 3.05) is 13.1 Å². The molecule has 2 heterocycles. The molecular formula is C26H29N3O. The van der Waals surface area contributed by atoms with E-state index in [2.05, 4.69) is 60.4 Å². The average Bonchev–Trinajstić information content (AvgIpc) is 2.80. The molecule has 4 nitrogen and oxygen atoms in total. The smallest absolute Gasteiger partial charge is 0.222 e. The Kier molecular flexibility index (Phi) is 6.53. The molecule has 0 radical (unpaired) electrons. The number of aryl methyl sites for hydroxylation is 2. The van der Waals surface area contributed by atoms with Crippen LogP contribution in [0, 0.1) is 6.92 Å². The summed E-state index contributed by atoms with van der Waals surface area (Å²) in [5, 5.41) is 0. The maximum atomic E-state index is 12.9. The van der Waals surface area contributed by atoms with Gasteiger partial charge < -0.3 is 4.90 Å². The predicted octanol–water partition coefficient (Wildman–Crippen LogP) is 5.18. The van der Waals surface area contributed by atoms with Crippen LogP contribution in [0.3, 0.4) is 0 Å². The van der Waals surface area contributed by atoms with Gasteiger partial charge in [0.15, 0.2) is 0 Å². The molecule has 0 saturated carbocycles. The van der Waals surface area contributed by atoms with Crippen molar-refractivity contribution in [2.45, 2.75) is 44.9 Å². The van der Waals surface area contributed by atoms with Crippen LogP contribution in [0.2, 0.25) is 0 Å². The van der Waals surface area contributed by atoms with Crippen molar-refractivity contribution >= 4 is 5.91 Å². The SMILES string of the molecule is Cc1cccc(-c2nccnc2[C@H]2CCCN(C(=O)CCCc3ccccc3)C2)c1. The highest BCUT2D eigenvalue weighted by Gasteiger charge is 2.27. The second kappa shape index (κ2) is 9.66. The largest absolute Gasteiger partial charge is 0.342 e. The van der Waals surface area contributed by atoms with Gasteiger partial charge in [-0.1, -0.05) is 54.1 Å². The van der Waals surface area contributed by atoms with Gasteiger partial charge in [0.2, 0.25) is 5.91 Å². The van der Waals surface area contributed by atoms with Crippen molar-refractivity contribution < 1.29 is 4.79 Å². The molecule has 4 heteroatoms. The third kappa shape index (κ3) is 4.93. The third-order valence-corrected chi connectivity index (χ3v) is 5.88. The molecule has 1 fully saturated rings. The van der Waals surface area contributed by atoms with E-state index in [1.54, 1.807) is 12.4 Å². The summed E-state index contributed by atoms with van der Waals surface area (Å²) in [6.45, 7) is 3.68. The van der Waals surface area contributed by atoms with E-state index in [9.17, 15) is 4.79 Å². The third-order valence-electron chi connectivity index (χ3n) is 5.88. The Labute approximate surface area is 179 Å². The Bertz CT molecular complexity index is 986. The molecule has 0 spiro atoms. The first-order chi connectivity index (χ1) is 14.7. The number of nitrogens with zero attached hydrogens (tertiary/aromatic N) is 3. The number of rotatable bonds is 6. The van der Waals surface area contributed by atoms with Gasteiger partial charge in [-0.2, -0.15) is 0 Å². The number of piperidine rings is 1. The molecule has 154 valence electrons. The van der Waals surface area contributed by atoms with Gasteiger partial charge in [0.25, 0.3) is 0 Å². The number of likely N-dealkylation sites (tertiary alicyclic amines) is 1. The zero-order chi connectivity index (χ0) is 20.8. The lowest BCUT2D eigenvalue weighted by Crippen LogP contribution is -2.39. The van der Waals surface area contributed by atoms with Gasteiger partial charge in [-0.05, 0) is 44.2 Å². The molecule has 0 unspecified atom stereocenters. The molecule has 1 aliphatic rings. The summed E-state index contributed by atoms with van der Waals surface area (Å²) in [5.41, 5.74) is 5.58. The summed E-state index contributed by atoms with van der Waals surface area (Å²) in [6.07, 6.45) is 8.04. The zero-order valence-electron chi connectivity index (χ0n) is 17.6. The maximum Gasteiger partial charge on any atom is 0.222 e. The normalized spacial score (nSPS) is 16.4. The van der Waals surface area contributed by atoms with E-state index in [4.69, 9.17) is 4.98 Å². The lowest BCUT2D eigenvalue weighted by molar-refractivity contribution is -0.132. The highest BCUT2D eigenvalue weighted by atomic mass is 16.2. The molecule has 1 atom stereocenters. The van der Waals surface area contributed by atoms with Crippen molar-refractivity contribution in [3.05, 3.63) is 83.8 Å². The van der Waals surface area contributed by atoms with E-state index in [1.807, 2.05) is 11.0 Å². The van der Waals surface area contributed by atoms with Crippen molar-refractivity contribution in [2.24, 2.45) is 0 Å². The van der Waals surface area contributed by atoms with Crippen LogP contribution in [0.4, 0.5) is 0 Å². The van der Waals surface area contributed by atoms with Gasteiger partial charge in [0.05, 0.1) is 11.4 Å². The van der Waals surface area contributed by atoms with Crippen molar-refractivity contribution in [1.82, 2.24) is 14.9 Å². The molecule has 0 N–H and O–H groups in total. The number of carbonyl (C=O) groups excluding carboxylic acids is 1. The Morgan fingerprint density at radius 1 is 1.07 bits per heavy atom. The van der Waals surface area contributed by atoms with Crippen LogP contribution in [0.5, 0.6) is 0 Å². The Morgan fingerprint density at radius 3 is 2.73 bits per heavy atom. The van der Waals surface area contributed by atoms with Crippen LogP contribution in [0.15, 0.2) is 67.0 Å². The predicted molar refractivity (Wildman–Crippen MR) is 120 cm³/mol. The summed E-state index contributed by atoms with van der Waals surface area (Å²) in [7, 11) is 0. The highest BCUT2D eigenvalue weighted by Crippen LogP contribution is 2.32. The molecule has 0 bridgehead atoms. The summed E-state index contributed by atoms with van der Waals surface area (Å²) >= 11 is 0. The summed E-state index contributed by atoms with van der Waals surface area (Å²) < 4.78 is 0. The number of hydrogen-bond donors (Lipinski definition) is 0. The van der Waals surface area contributed by atoms with E-state index in [-0.39, 0.29) is 11.8 Å². The fraction of sp³-hybridized carbons (Fsp3) is 0.346. The van der Waals surface area contributed by atoms with Crippen LogP contribution >= 0.6 is 0 Å². The van der Waals surface area contributed by atoms with E-state index in [1.165, 1.54) is 11.1 Å². The summed E-state index contributed by atoms with van der Waals surface area (Å²) in [4.78, 5) is 24.2. The Balaban J connectivity index is 1.42. The molecule has 1 aliphatic heterocycles. The van der Waals surface area contributed by atoms with Gasteiger partial charge in [0.1, 0.15) is 0 Å². The number of benzene rings is 2. The Morgan fingerprint density at radius 2 is 1.90 bits per heavy atom. The lowest BCUT2D eigenvalue weighted by Gasteiger charge is -2.33. The zero-order valence-corrected chi connectivity index (χ0v) is 17.6. The summed E-state index contributed by atoms with van der Waals surface area (Å²) in [6, 6.07) is 18.8. The molecule has 1 aromatic heterocycles. The van der Waals surface area contributed by atoms with Gasteiger partial charge >= 0.3 is 0 Å². The van der Waals surface area contributed by atoms with E-state index >= 15 is 0 Å². The lowest BCUT2D eigenvalue weighted by atomic mass is 9.91. The first-order valence-electron chi connectivity index (χ1n) is 10.9. The standard InChI is InChI=1S/C26H29N3O/c1-20-8-5-12-22(18-20)25-26(28-16-15-27-25)23-13-7-17-29(19-23)24(30)14-6-11-21-9-3-2-4-10-21/h2-5,8-10,12,15-16,18,23H,6-7,11,13-14,17,19H2,1H3/t23-/m0/s1. The molecule has 2 aromatic carbocycles. The molecule has 0 aliphatic carbocycles. The fourth-order valence-electron chi connectivity index (χ4n) is 4.34. The molecule has 1 amide bonds. The topological polar surface area (TPSA) is 46.1 Å². The second-order valence-electron chi connectivity index (χ2n) is 8.18. The quantitative estimate of drug-likeness (QED) is 0.574. The van der Waals surface area contributed by atoms with E-state index in [0.717, 1.165) is 55.7 Å². The molecule has 3 aromatic rings. The van der Waals surface area contributed by atoms with Crippen molar-refractivity contribution in [3.63, 3.8) is 0 Å². The minimum Gasteiger partial charge on any atom is -0.342 e. The van der Waals surface area contributed by atoms with Gasteiger partial charge in [-0.3, -0.25) is 14.8 Å². The number of amides is 1. The monoisotopic (exact) mass is 399 g/mol. The minimum absolute atomic E-state index is 0.237. The first kappa shape index (κ1) is 20.3. The van der Waals surface area contributed by atoms with Crippen LogP contribution in [-0.4, -0.2) is 33.9 Å². The molecule has 4 rings (SSSR count). The van der Waals surface area contributed by atoms with Crippen molar-refractivity contribution in [3.8, 4) is 11.3 Å². The fourth-order valence-corrected chi connectivity index (χ4v) is 4.34. The highest BCUT2D eigenvalue weighted by molar-refractivity contribution is 5.76. The summed E-state index contributed by atoms with van der Waals surface area (Å²) in [5.74, 6) is 0.498. The van der Waals surface area contributed by atoms with Crippen LogP contribution in [-0.2, 0) is 11.2 Å². The Hall–Kier alpha value is -3.01. The van der Waals surface area contributed by atoms with E-state index in [0.29, 0.717) is 6.42 Å². The van der Waals surface area contributed by atoms with Gasteiger partial charge in [-0.25, -0.2) is 0 Å². The molecule has 1 saturated heterocycles. The second-order valence-corrected chi connectivity index (χ2v) is 8.18. The molecular weight excluding hydrogens is 370 g/mol. The average molecular weight is 400 g/mol. The van der Waals surface area contributed by atoms with Crippen LogP contribution in [0.25, 0.3) is 11.3 Å². The number of carbonyl (C=O) groups is 1. The molecule has 30 heavy (non-hydrogen) atoms. The van der Waals surface area contributed by atoms with Crippen molar-refractivity contribution in [1.29, 1.82) is 0 Å². The number of hydrogen-bond acceptors (Lipinski definition) is 3. The van der Waals surface area contributed by atoms with Crippen LogP contribution < -0.4 is 0 Å². The number of aromatic nitrogens is 2. The van der Waals surface area contributed by atoms with Gasteiger partial charge in [-0.15, -0.1) is 0 Å². The first-order valence-corrected chi connectivity index (χ1v) is 10.9. The maximum absolute atomic E-state index is 12.9. The van der Waals surface area contributed by atoms with E-state index < -0.39 is 0 Å².